The SMILES string of the molecule is CCc1c(N)ncnc1N(C)c1ccccc1F. The van der Waals surface area contributed by atoms with Gasteiger partial charge in [0.2, 0.25) is 0 Å². The smallest absolute Gasteiger partial charge is 0.146 e. The number of nitrogen functional groups attached to an aromatic ring is 1. The molecule has 0 spiro atoms. The van der Waals surface area contributed by atoms with Gasteiger partial charge in [0.05, 0.1) is 5.69 Å². The monoisotopic (exact) mass is 246 g/mol. The predicted molar refractivity (Wildman–Crippen MR) is 70.3 cm³/mol. The molecule has 18 heavy (non-hydrogen) atoms. The van der Waals surface area contributed by atoms with Crippen LogP contribution in [0.3, 0.4) is 0 Å². The van der Waals surface area contributed by atoms with E-state index in [1.54, 1.807) is 30.1 Å². The Morgan fingerprint density at radius 3 is 2.67 bits per heavy atom. The molecular formula is C13H15FN4. The van der Waals surface area contributed by atoms with Crippen LogP contribution in [0.15, 0.2) is 30.6 Å². The van der Waals surface area contributed by atoms with E-state index in [0.29, 0.717) is 23.7 Å². The molecule has 1 aromatic heterocycles. The standard InChI is InChI=1S/C13H15FN4/c1-3-9-12(15)16-8-17-13(9)18(2)11-7-5-4-6-10(11)14/h4-8H,3H2,1-2H3,(H2,15,16,17). The van der Waals surface area contributed by atoms with E-state index in [2.05, 4.69) is 9.97 Å². The van der Waals surface area contributed by atoms with Crippen LogP contribution in [0.25, 0.3) is 0 Å². The molecule has 0 unspecified atom stereocenters. The van der Waals surface area contributed by atoms with Gasteiger partial charge in [-0.05, 0) is 18.6 Å². The number of anilines is 3. The average molecular weight is 246 g/mol. The minimum Gasteiger partial charge on any atom is -0.383 e. The van der Waals surface area contributed by atoms with E-state index in [9.17, 15) is 4.39 Å². The summed E-state index contributed by atoms with van der Waals surface area (Å²) in [6, 6.07) is 6.56. The van der Waals surface area contributed by atoms with Gasteiger partial charge in [-0.25, -0.2) is 14.4 Å². The molecule has 2 N–H and O–H groups in total. The lowest BCUT2D eigenvalue weighted by Gasteiger charge is -2.21. The van der Waals surface area contributed by atoms with Crippen LogP contribution in [0, 0.1) is 5.82 Å². The summed E-state index contributed by atoms with van der Waals surface area (Å²) in [6.45, 7) is 1.97. The first-order valence-corrected chi connectivity index (χ1v) is 5.72. The van der Waals surface area contributed by atoms with Crippen molar-refractivity contribution < 1.29 is 4.39 Å². The molecule has 0 amide bonds. The fourth-order valence-electron chi connectivity index (χ4n) is 1.88. The quantitative estimate of drug-likeness (QED) is 0.904. The second kappa shape index (κ2) is 5.00. The normalized spacial score (nSPS) is 10.4. The van der Waals surface area contributed by atoms with Crippen LogP contribution in [-0.2, 0) is 6.42 Å². The van der Waals surface area contributed by atoms with Gasteiger partial charge in [-0.3, -0.25) is 0 Å². The molecule has 2 rings (SSSR count). The van der Waals surface area contributed by atoms with Gasteiger partial charge in [0.1, 0.15) is 23.8 Å². The van der Waals surface area contributed by atoms with Crippen molar-refractivity contribution in [3.63, 3.8) is 0 Å². The van der Waals surface area contributed by atoms with Gasteiger partial charge >= 0.3 is 0 Å². The van der Waals surface area contributed by atoms with Gasteiger partial charge in [0.15, 0.2) is 0 Å². The first kappa shape index (κ1) is 12.3. The number of para-hydroxylation sites is 1. The molecule has 4 nitrogen and oxygen atoms in total. The van der Waals surface area contributed by atoms with Crippen molar-refractivity contribution in [1.82, 2.24) is 9.97 Å². The molecule has 0 saturated carbocycles. The third-order valence-corrected chi connectivity index (χ3v) is 2.84. The highest BCUT2D eigenvalue weighted by Crippen LogP contribution is 2.28. The summed E-state index contributed by atoms with van der Waals surface area (Å²) >= 11 is 0. The van der Waals surface area contributed by atoms with E-state index in [0.717, 1.165) is 5.56 Å². The maximum absolute atomic E-state index is 13.7. The van der Waals surface area contributed by atoms with Crippen molar-refractivity contribution in [3.8, 4) is 0 Å². The Hall–Kier alpha value is -2.17. The highest BCUT2D eigenvalue weighted by molar-refractivity contribution is 5.66. The summed E-state index contributed by atoms with van der Waals surface area (Å²) in [4.78, 5) is 9.84. The summed E-state index contributed by atoms with van der Waals surface area (Å²) < 4.78 is 13.7. The maximum atomic E-state index is 13.7. The Kier molecular flexibility index (Phi) is 3.41. The van der Waals surface area contributed by atoms with Gasteiger partial charge in [-0.1, -0.05) is 19.1 Å². The fraction of sp³-hybridized carbons (Fsp3) is 0.231. The number of halogens is 1. The van der Waals surface area contributed by atoms with Gasteiger partial charge in [0.25, 0.3) is 0 Å². The van der Waals surface area contributed by atoms with Gasteiger partial charge in [-0.2, -0.15) is 0 Å². The lowest BCUT2D eigenvalue weighted by Crippen LogP contribution is -2.16. The molecule has 0 bridgehead atoms. The lowest BCUT2D eigenvalue weighted by atomic mass is 10.2. The summed E-state index contributed by atoms with van der Waals surface area (Å²) in [5, 5.41) is 0. The summed E-state index contributed by atoms with van der Waals surface area (Å²) in [7, 11) is 1.76. The third-order valence-electron chi connectivity index (χ3n) is 2.84. The summed E-state index contributed by atoms with van der Waals surface area (Å²) in [5.41, 5.74) is 7.10. The van der Waals surface area contributed by atoms with Crippen molar-refractivity contribution in [2.75, 3.05) is 17.7 Å². The Bertz CT molecular complexity index is 556. The average Bonchev–Trinajstić information content (AvgIpc) is 2.38. The van der Waals surface area contributed by atoms with Crippen molar-refractivity contribution in [2.24, 2.45) is 0 Å². The van der Waals surface area contributed by atoms with Crippen LogP contribution in [0.2, 0.25) is 0 Å². The van der Waals surface area contributed by atoms with E-state index >= 15 is 0 Å². The van der Waals surface area contributed by atoms with Crippen molar-refractivity contribution >= 4 is 17.3 Å². The van der Waals surface area contributed by atoms with Crippen LogP contribution in [0.4, 0.5) is 21.7 Å². The molecule has 0 saturated heterocycles. The first-order valence-electron chi connectivity index (χ1n) is 5.72. The number of rotatable bonds is 3. The molecular weight excluding hydrogens is 231 g/mol. The van der Waals surface area contributed by atoms with Crippen LogP contribution in [0.5, 0.6) is 0 Å². The van der Waals surface area contributed by atoms with E-state index < -0.39 is 0 Å². The molecule has 94 valence electrons. The Morgan fingerprint density at radius 2 is 2.00 bits per heavy atom. The van der Waals surface area contributed by atoms with Crippen LogP contribution in [-0.4, -0.2) is 17.0 Å². The number of hydrogen-bond donors (Lipinski definition) is 1. The molecule has 1 aromatic carbocycles. The van der Waals surface area contributed by atoms with Gasteiger partial charge in [0, 0.05) is 12.6 Å². The third kappa shape index (κ3) is 2.11. The molecule has 0 atom stereocenters. The zero-order chi connectivity index (χ0) is 13.1. The minimum atomic E-state index is -0.292. The summed E-state index contributed by atoms with van der Waals surface area (Å²) in [6.07, 6.45) is 2.09. The van der Waals surface area contributed by atoms with E-state index in [1.807, 2.05) is 6.92 Å². The number of benzene rings is 1. The van der Waals surface area contributed by atoms with E-state index in [1.165, 1.54) is 12.4 Å². The van der Waals surface area contributed by atoms with Crippen LogP contribution >= 0.6 is 0 Å². The van der Waals surface area contributed by atoms with Gasteiger partial charge in [-0.15, -0.1) is 0 Å². The Balaban J connectivity index is 2.50. The van der Waals surface area contributed by atoms with Crippen molar-refractivity contribution in [2.45, 2.75) is 13.3 Å². The topological polar surface area (TPSA) is 55.0 Å². The molecule has 2 aromatic rings. The second-order valence-corrected chi connectivity index (χ2v) is 3.93. The zero-order valence-electron chi connectivity index (χ0n) is 10.4. The number of nitrogens with zero attached hydrogens (tertiary/aromatic N) is 3. The van der Waals surface area contributed by atoms with Crippen LogP contribution in [0.1, 0.15) is 12.5 Å². The second-order valence-electron chi connectivity index (χ2n) is 3.93. The number of hydrogen-bond acceptors (Lipinski definition) is 4. The minimum absolute atomic E-state index is 0.292. The molecule has 0 aliphatic rings. The van der Waals surface area contributed by atoms with Crippen molar-refractivity contribution in [3.05, 3.63) is 42.0 Å². The first-order chi connectivity index (χ1) is 8.65. The summed E-state index contributed by atoms with van der Waals surface area (Å²) in [5.74, 6) is 0.778. The maximum Gasteiger partial charge on any atom is 0.146 e. The lowest BCUT2D eigenvalue weighted by molar-refractivity contribution is 0.627. The Morgan fingerprint density at radius 1 is 1.28 bits per heavy atom. The largest absolute Gasteiger partial charge is 0.383 e. The molecule has 0 fully saturated rings. The molecule has 1 heterocycles. The molecule has 0 aliphatic carbocycles. The highest BCUT2D eigenvalue weighted by atomic mass is 19.1. The fourth-order valence-corrected chi connectivity index (χ4v) is 1.88. The van der Waals surface area contributed by atoms with Gasteiger partial charge < -0.3 is 10.6 Å². The Labute approximate surface area is 105 Å². The molecule has 0 aliphatic heterocycles. The van der Waals surface area contributed by atoms with Crippen LogP contribution < -0.4 is 10.6 Å². The molecule has 0 radical (unpaired) electrons. The van der Waals surface area contributed by atoms with E-state index in [4.69, 9.17) is 5.73 Å². The predicted octanol–water partition coefficient (Wildman–Crippen LogP) is 2.53. The highest BCUT2D eigenvalue weighted by Gasteiger charge is 2.15. The molecule has 5 heteroatoms. The van der Waals surface area contributed by atoms with Crippen molar-refractivity contribution in [1.29, 1.82) is 0 Å². The number of nitrogens with two attached hydrogens (primary N) is 1. The zero-order valence-corrected chi connectivity index (χ0v) is 10.4. The van der Waals surface area contributed by atoms with E-state index in [-0.39, 0.29) is 5.82 Å². The number of aromatic nitrogens is 2.